The third-order valence-electron chi connectivity index (χ3n) is 1.71. The molecule has 74 valence electrons. The monoisotopic (exact) mass is 189 g/mol. The maximum atomic E-state index is 3.45. The van der Waals surface area contributed by atoms with Gasteiger partial charge in [0, 0.05) is 17.8 Å². The van der Waals surface area contributed by atoms with Crippen LogP contribution in [-0.2, 0) is 0 Å². The van der Waals surface area contributed by atoms with Crippen LogP contribution in [0.1, 0.15) is 40.5 Å². The number of rotatable bonds is 7. The minimum absolute atomic E-state index is 0.624. The minimum atomic E-state index is 0.624. The molecule has 0 aliphatic carbocycles. The molecule has 1 unspecified atom stereocenters. The van der Waals surface area contributed by atoms with Crippen LogP contribution in [0.25, 0.3) is 0 Å². The summed E-state index contributed by atoms with van der Waals surface area (Å²) in [5, 5.41) is 4.21. The maximum Gasteiger partial charge on any atom is 0.0144 e. The first kappa shape index (κ1) is 12.3. The van der Waals surface area contributed by atoms with Gasteiger partial charge in [-0.1, -0.05) is 34.1 Å². The molecule has 2 heteroatoms. The molecular formula is C10H23NS. The summed E-state index contributed by atoms with van der Waals surface area (Å²) in [5.41, 5.74) is 0. The molecule has 0 fully saturated rings. The standard InChI is InChI=1S/C10H23NS/c1-5-6-7-12-10(4)8-11-9(2)3/h9-11H,5-8H2,1-4H3. The van der Waals surface area contributed by atoms with Gasteiger partial charge in [-0.05, 0) is 12.2 Å². The van der Waals surface area contributed by atoms with Crippen molar-refractivity contribution in [1.82, 2.24) is 5.32 Å². The predicted octanol–water partition coefficient (Wildman–Crippen LogP) is 2.91. The van der Waals surface area contributed by atoms with E-state index < -0.39 is 0 Å². The van der Waals surface area contributed by atoms with E-state index >= 15 is 0 Å². The third-order valence-corrected chi connectivity index (χ3v) is 2.97. The van der Waals surface area contributed by atoms with Crippen molar-refractivity contribution in [3.63, 3.8) is 0 Å². The van der Waals surface area contributed by atoms with Gasteiger partial charge in [0.15, 0.2) is 0 Å². The molecule has 0 amide bonds. The summed E-state index contributed by atoms with van der Waals surface area (Å²) >= 11 is 2.08. The van der Waals surface area contributed by atoms with E-state index in [-0.39, 0.29) is 0 Å². The fraction of sp³-hybridized carbons (Fsp3) is 1.00. The molecule has 0 aliphatic heterocycles. The summed E-state index contributed by atoms with van der Waals surface area (Å²) in [5.74, 6) is 1.32. The van der Waals surface area contributed by atoms with E-state index in [1.54, 1.807) is 0 Å². The second kappa shape index (κ2) is 7.93. The van der Waals surface area contributed by atoms with Gasteiger partial charge in [-0.25, -0.2) is 0 Å². The van der Waals surface area contributed by atoms with E-state index in [1.165, 1.54) is 18.6 Å². The highest BCUT2D eigenvalue weighted by atomic mass is 32.2. The van der Waals surface area contributed by atoms with E-state index in [0.717, 1.165) is 11.8 Å². The molecule has 0 bridgehead atoms. The number of thioether (sulfide) groups is 1. The molecule has 1 N–H and O–H groups in total. The van der Waals surface area contributed by atoms with Gasteiger partial charge in [0.2, 0.25) is 0 Å². The normalized spacial score (nSPS) is 13.8. The Morgan fingerprint density at radius 1 is 1.25 bits per heavy atom. The highest BCUT2D eigenvalue weighted by Crippen LogP contribution is 2.11. The van der Waals surface area contributed by atoms with Crippen molar-refractivity contribution < 1.29 is 0 Å². The van der Waals surface area contributed by atoms with Crippen molar-refractivity contribution >= 4 is 11.8 Å². The van der Waals surface area contributed by atoms with Crippen LogP contribution in [0.2, 0.25) is 0 Å². The molecule has 0 rings (SSSR count). The Morgan fingerprint density at radius 2 is 1.92 bits per heavy atom. The lowest BCUT2D eigenvalue weighted by Gasteiger charge is -2.14. The van der Waals surface area contributed by atoms with Crippen LogP contribution in [0.3, 0.4) is 0 Å². The van der Waals surface area contributed by atoms with Crippen molar-refractivity contribution in [3.8, 4) is 0 Å². The van der Waals surface area contributed by atoms with Crippen molar-refractivity contribution in [1.29, 1.82) is 0 Å². The largest absolute Gasteiger partial charge is 0.313 e. The molecule has 0 spiro atoms. The zero-order chi connectivity index (χ0) is 9.40. The first-order valence-electron chi connectivity index (χ1n) is 5.01. The Balaban J connectivity index is 3.15. The van der Waals surface area contributed by atoms with Gasteiger partial charge in [0.05, 0.1) is 0 Å². The van der Waals surface area contributed by atoms with Crippen LogP contribution in [0.15, 0.2) is 0 Å². The summed E-state index contributed by atoms with van der Waals surface area (Å²) in [6, 6.07) is 0.624. The fourth-order valence-corrected chi connectivity index (χ4v) is 1.96. The topological polar surface area (TPSA) is 12.0 Å². The molecule has 0 saturated heterocycles. The SMILES string of the molecule is CCCCSC(C)CNC(C)C. The zero-order valence-electron chi connectivity index (χ0n) is 8.89. The smallest absolute Gasteiger partial charge is 0.0144 e. The van der Waals surface area contributed by atoms with E-state index in [0.29, 0.717) is 6.04 Å². The Hall–Kier alpha value is 0.310. The molecule has 0 saturated carbocycles. The quantitative estimate of drug-likeness (QED) is 0.618. The van der Waals surface area contributed by atoms with Gasteiger partial charge in [-0.2, -0.15) is 11.8 Å². The number of nitrogens with one attached hydrogen (secondary N) is 1. The van der Waals surface area contributed by atoms with Gasteiger partial charge < -0.3 is 5.32 Å². The average Bonchev–Trinajstić information content (AvgIpc) is 2.01. The Morgan fingerprint density at radius 3 is 2.42 bits per heavy atom. The summed E-state index contributed by atoms with van der Waals surface area (Å²) in [6.07, 6.45) is 2.67. The summed E-state index contributed by atoms with van der Waals surface area (Å²) in [7, 11) is 0. The minimum Gasteiger partial charge on any atom is -0.313 e. The molecule has 0 aliphatic rings. The second-order valence-corrected chi connectivity index (χ2v) is 5.14. The Bertz CT molecular complexity index is 93.8. The second-order valence-electron chi connectivity index (χ2n) is 3.60. The highest BCUT2D eigenvalue weighted by molar-refractivity contribution is 7.99. The third kappa shape index (κ3) is 8.41. The van der Waals surface area contributed by atoms with Crippen LogP contribution in [-0.4, -0.2) is 23.6 Å². The fourth-order valence-electron chi connectivity index (χ4n) is 0.889. The van der Waals surface area contributed by atoms with Crippen molar-refractivity contribution in [3.05, 3.63) is 0 Å². The number of hydrogen-bond acceptors (Lipinski definition) is 2. The first-order chi connectivity index (χ1) is 5.66. The molecular weight excluding hydrogens is 166 g/mol. The van der Waals surface area contributed by atoms with Gasteiger partial charge >= 0.3 is 0 Å². The van der Waals surface area contributed by atoms with Crippen LogP contribution in [0.4, 0.5) is 0 Å². The molecule has 12 heavy (non-hydrogen) atoms. The number of unbranched alkanes of at least 4 members (excludes halogenated alkanes) is 1. The van der Waals surface area contributed by atoms with Gasteiger partial charge in [0.25, 0.3) is 0 Å². The van der Waals surface area contributed by atoms with Crippen molar-refractivity contribution in [2.45, 2.75) is 51.8 Å². The van der Waals surface area contributed by atoms with E-state index in [9.17, 15) is 0 Å². The van der Waals surface area contributed by atoms with E-state index in [1.807, 2.05) is 0 Å². The Labute approximate surface area is 81.7 Å². The lowest BCUT2D eigenvalue weighted by Crippen LogP contribution is -2.29. The highest BCUT2D eigenvalue weighted by Gasteiger charge is 2.01. The molecule has 0 aromatic rings. The van der Waals surface area contributed by atoms with Crippen LogP contribution < -0.4 is 5.32 Å². The summed E-state index contributed by atoms with van der Waals surface area (Å²) in [6.45, 7) is 10.1. The molecule has 1 nitrogen and oxygen atoms in total. The predicted molar refractivity (Wildman–Crippen MR) is 60.0 cm³/mol. The molecule has 0 heterocycles. The molecule has 0 radical (unpaired) electrons. The van der Waals surface area contributed by atoms with Gasteiger partial charge in [-0.15, -0.1) is 0 Å². The van der Waals surface area contributed by atoms with E-state index in [2.05, 4.69) is 44.8 Å². The van der Waals surface area contributed by atoms with Crippen molar-refractivity contribution in [2.75, 3.05) is 12.3 Å². The molecule has 0 aromatic heterocycles. The van der Waals surface area contributed by atoms with Gasteiger partial charge in [0.1, 0.15) is 0 Å². The first-order valence-corrected chi connectivity index (χ1v) is 6.06. The van der Waals surface area contributed by atoms with Crippen LogP contribution >= 0.6 is 11.8 Å². The summed E-state index contributed by atoms with van der Waals surface area (Å²) in [4.78, 5) is 0. The maximum absolute atomic E-state index is 3.45. The van der Waals surface area contributed by atoms with E-state index in [4.69, 9.17) is 0 Å². The van der Waals surface area contributed by atoms with Crippen LogP contribution in [0.5, 0.6) is 0 Å². The summed E-state index contributed by atoms with van der Waals surface area (Å²) < 4.78 is 0. The molecule has 1 atom stereocenters. The molecule has 0 aromatic carbocycles. The van der Waals surface area contributed by atoms with Crippen molar-refractivity contribution in [2.24, 2.45) is 0 Å². The van der Waals surface area contributed by atoms with Gasteiger partial charge in [-0.3, -0.25) is 0 Å². The Kier molecular flexibility index (Phi) is 8.14. The number of hydrogen-bond donors (Lipinski definition) is 1. The lowest BCUT2D eigenvalue weighted by atomic mass is 10.3. The lowest BCUT2D eigenvalue weighted by molar-refractivity contribution is 0.589. The van der Waals surface area contributed by atoms with Crippen LogP contribution in [0, 0.1) is 0 Å². The average molecular weight is 189 g/mol. The zero-order valence-corrected chi connectivity index (χ0v) is 9.71.